The summed E-state index contributed by atoms with van der Waals surface area (Å²) in [4.78, 5) is 23.2. The Morgan fingerprint density at radius 3 is 2.19 bits per heavy atom. The van der Waals surface area contributed by atoms with Crippen LogP contribution in [0, 0.1) is 0 Å². The third kappa shape index (κ3) is 6.07. The Kier molecular flexibility index (Phi) is 7.31. The molecule has 3 N–H and O–H groups in total. The van der Waals surface area contributed by atoms with E-state index in [1.54, 1.807) is 24.3 Å². The van der Waals surface area contributed by atoms with Crippen LogP contribution in [0.25, 0.3) is 0 Å². The number of halogens is 1. The molecular formula is C19H22ClN3O4. The van der Waals surface area contributed by atoms with Gasteiger partial charge in [0.15, 0.2) is 0 Å². The van der Waals surface area contributed by atoms with Gasteiger partial charge in [0.1, 0.15) is 11.5 Å². The van der Waals surface area contributed by atoms with Crippen molar-refractivity contribution in [1.29, 1.82) is 0 Å². The predicted molar refractivity (Wildman–Crippen MR) is 107 cm³/mol. The lowest BCUT2D eigenvalue weighted by molar-refractivity contribution is -0.116. The van der Waals surface area contributed by atoms with E-state index in [0.29, 0.717) is 28.8 Å². The van der Waals surface area contributed by atoms with Crippen LogP contribution in [0.1, 0.15) is 13.3 Å². The molecule has 0 heterocycles. The van der Waals surface area contributed by atoms with Gasteiger partial charge in [0.05, 0.1) is 24.9 Å². The lowest BCUT2D eigenvalue weighted by Crippen LogP contribution is -2.16. The Balaban J connectivity index is 1.88. The van der Waals surface area contributed by atoms with Gasteiger partial charge in [-0.2, -0.15) is 0 Å². The van der Waals surface area contributed by atoms with Crippen molar-refractivity contribution in [3.05, 3.63) is 41.4 Å². The van der Waals surface area contributed by atoms with Gasteiger partial charge in [0.25, 0.3) is 0 Å². The molecule has 0 unspecified atom stereocenters. The second kappa shape index (κ2) is 9.68. The maximum absolute atomic E-state index is 12.2. The van der Waals surface area contributed by atoms with Crippen LogP contribution in [-0.2, 0) is 9.59 Å². The molecule has 8 heteroatoms. The number of rotatable bonds is 8. The molecule has 2 amide bonds. The van der Waals surface area contributed by atoms with Crippen LogP contribution in [0.4, 0.5) is 17.1 Å². The number of benzene rings is 2. The van der Waals surface area contributed by atoms with Gasteiger partial charge in [-0.15, -0.1) is 0 Å². The smallest absolute Gasteiger partial charge is 0.226 e. The molecule has 144 valence electrons. The maximum Gasteiger partial charge on any atom is 0.226 e. The van der Waals surface area contributed by atoms with Crippen LogP contribution in [-0.4, -0.2) is 32.6 Å². The summed E-state index contributed by atoms with van der Waals surface area (Å²) in [7, 11) is 3.00. The third-order valence-corrected chi connectivity index (χ3v) is 3.93. The predicted octanol–water partition coefficient (Wildman–Crippen LogP) is 3.76. The average molecular weight is 392 g/mol. The molecule has 0 saturated carbocycles. The molecule has 0 fully saturated rings. The molecule has 0 saturated heterocycles. The van der Waals surface area contributed by atoms with Gasteiger partial charge < -0.3 is 25.4 Å². The van der Waals surface area contributed by atoms with Gasteiger partial charge in [0, 0.05) is 43.4 Å². The minimum atomic E-state index is -0.181. The summed E-state index contributed by atoms with van der Waals surface area (Å²) in [5, 5.41) is 9.04. The minimum Gasteiger partial charge on any atom is -0.495 e. The number of nitrogens with one attached hydrogen (secondary N) is 3. The Hall–Kier alpha value is -2.93. The highest BCUT2D eigenvalue weighted by Crippen LogP contribution is 2.35. The van der Waals surface area contributed by atoms with Gasteiger partial charge in [-0.25, -0.2) is 0 Å². The van der Waals surface area contributed by atoms with E-state index < -0.39 is 0 Å². The Morgan fingerprint density at radius 2 is 1.59 bits per heavy atom. The standard InChI is InChI=1S/C19H22ClN3O4/c1-12(24)22-14-6-4-13(5-7-14)21-9-8-19(25)23-16-11-17(26-2)15(20)10-18(16)27-3/h4-7,10-11,21H,8-9H2,1-3H3,(H,22,24)(H,23,25). The van der Waals surface area contributed by atoms with Crippen LogP contribution in [0.2, 0.25) is 5.02 Å². The molecule has 0 aliphatic carbocycles. The maximum atomic E-state index is 12.2. The topological polar surface area (TPSA) is 88.7 Å². The summed E-state index contributed by atoms with van der Waals surface area (Å²) in [6.45, 7) is 1.90. The highest BCUT2D eigenvalue weighted by Gasteiger charge is 2.12. The van der Waals surface area contributed by atoms with Crippen molar-refractivity contribution in [2.45, 2.75) is 13.3 Å². The van der Waals surface area contributed by atoms with Crippen molar-refractivity contribution < 1.29 is 19.1 Å². The molecule has 0 aliphatic rings. The summed E-state index contributed by atoms with van der Waals surface area (Å²) < 4.78 is 10.4. The van der Waals surface area contributed by atoms with Crippen molar-refractivity contribution >= 4 is 40.5 Å². The molecule has 0 aliphatic heterocycles. The van der Waals surface area contributed by atoms with Gasteiger partial charge >= 0.3 is 0 Å². The molecule has 0 aromatic heterocycles. The number of ether oxygens (including phenoxy) is 2. The minimum absolute atomic E-state index is 0.123. The van der Waals surface area contributed by atoms with E-state index in [1.165, 1.54) is 21.1 Å². The Morgan fingerprint density at radius 1 is 0.963 bits per heavy atom. The van der Waals surface area contributed by atoms with E-state index in [2.05, 4.69) is 16.0 Å². The molecule has 2 aromatic carbocycles. The quantitative estimate of drug-likeness (QED) is 0.637. The first-order valence-corrected chi connectivity index (χ1v) is 8.63. The van der Waals surface area contributed by atoms with E-state index >= 15 is 0 Å². The molecule has 2 aromatic rings. The fourth-order valence-electron chi connectivity index (χ4n) is 2.37. The first-order chi connectivity index (χ1) is 12.9. The molecule has 7 nitrogen and oxygen atoms in total. The summed E-state index contributed by atoms with van der Waals surface area (Å²) in [6.07, 6.45) is 0.252. The number of amides is 2. The first kappa shape index (κ1) is 20.4. The second-order valence-corrected chi connectivity index (χ2v) is 6.08. The van der Waals surface area contributed by atoms with Crippen molar-refractivity contribution in [2.75, 3.05) is 36.7 Å². The van der Waals surface area contributed by atoms with Crippen LogP contribution in [0.15, 0.2) is 36.4 Å². The van der Waals surface area contributed by atoms with Crippen molar-refractivity contribution in [3.63, 3.8) is 0 Å². The Labute approximate surface area is 163 Å². The largest absolute Gasteiger partial charge is 0.495 e. The lowest BCUT2D eigenvalue weighted by atomic mass is 10.2. The van der Waals surface area contributed by atoms with E-state index in [-0.39, 0.29) is 18.2 Å². The van der Waals surface area contributed by atoms with Crippen molar-refractivity contribution in [2.24, 2.45) is 0 Å². The number of carbonyl (C=O) groups is 2. The highest BCUT2D eigenvalue weighted by atomic mass is 35.5. The number of anilines is 3. The second-order valence-electron chi connectivity index (χ2n) is 5.67. The number of hydrogen-bond donors (Lipinski definition) is 3. The summed E-state index contributed by atoms with van der Waals surface area (Å²) >= 11 is 6.06. The van der Waals surface area contributed by atoms with Gasteiger partial charge in [-0.3, -0.25) is 9.59 Å². The fourth-order valence-corrected chi connectivity index (χ4v) is 2.60. The first-order valence-electron chi connectivity index (χ1n) is 8.26. The molecule has 0 bridgehead atoms. The zero-order valence-electron chi connectivity index (χ0n) is 15.4. The molecule has 0 radical (unpaired) electrons. The third-order valence-electron chi connectivity index (χ3n) is 3.63. The highest BCUT2D eigenvalue weighted by molar-refractivity contribution is 6.32. The van der Waals surface area contributed by atoms with Crippen molar-refractivity contribution in [3.8, 4) is 11.5 Å². The SMILES string of the molecule is COc1cc(NC(=O)CCNc2ccc(NC(C)=O)cc2)c(OC)cc1Cl. The zero-order valence-corrected chi connectivity index (χ0v) is 16.1. The monoisotopic (exact) mass is 391 g/mol. The summed E-state index contributed by atoms with van der Waals surface area (Å²) in [5.74, 6) is 0.600. The van der Waals surface area contributed by atoms with Crippen LogP contribution < -0.4 is 25.4 Å². The van der Waals surface area contributed by atoms with E-state index in [1.807, 2.05) is 12.1 Å². The normalized spacial score (nSPS) is 10.1. The van der Waals surface area contributed by atoms with E-state index in [0.717, 1.165) is 11.4 Å². The zero-order chi connectivity index (χ0) is 19.8. The molecule has 0 spiro atoms. The average Bonchev–Trinajstić information content (AvgIpc) is 2.63. The molecule has 27 heavy (non-hydrogen) atoms. The van der Waals surface area contributed by atoms with Crippen molar-refractivity contribution in [1.82, 2.24) is 0 Å². The number of carbonyl (C=O) groups excluding carboxylic acids is 2. The van der Waals surface area contributed by atoms with Crippen LogP contribution >= 0.6 is 11.6 Å². The molecule has 2 rings (SSSR count). The number of methoxy groups -OCH3 is 2. The van der Waals surface area contributed by atoms with Gasteiger partial charge in [0.2, 0.25) is 11.8 Å². The summed E-state index contributed by atoms with van der Waals surface area (Å²) in [5.41, 5.74) is 2.06. The van der Waals surface area contributed by atoms with Crippen LogP contribution in [0.5, 0.6) is 11.5 Å². The summed E-state index contributed by atoms with van der Waals surface area (Å²) in [6, 6.07) is 10.4. The lowest BCUT2D eigenvalue weighted by Gasteiger charge is -2.13. The number of hydrogen-bond acceptors (Lipinski definition) is 5. The Bertz CT molecular complexity index is 809. The van der Waals surface area contributed by atoms with E-state index in [9.17, 15) is 9.59 Å². The fraction of sp³-hybridized carbons (Fsp3) is 0.263. The molecule has 0 atom stereocenters. The van der Waals surface area contributed by atoms with E-state index in [4.69, 9.17) is 21.1 Å². The van der Waals surface area contributed by atoms with Gasteiger partial charge in [-0.05, 0) is 24.3 Å². The van der Waals surface area contributed by atoms with Crippen LogP contribution in [0.3, 0.4) is 0 Å². The van der Waals surface area contributed by atoms with Gasteiger partial charge in [-0.1, -0.05) is 11.6 Å². The molecular weight excluding hydrogens is 370 g/mol.